The summed E-state index contributed by atoms with van der Waals surface area (Å²) in [7, 11) is 1.84. The average molecular weight is 222 g/mol. The molecule has 1 amide bonds. The SMILES string of the molecule is CCN(C)C(=S)NC(=O)c1ccccc1. The van der Waals surface area contributed by atoms with Gasteiger partial charge < -0.3 is 4.90 Å². The van der Waals surface area contributed by atoms with Gasteiger partial charge in [0.15, 0.2) is 5.11 Å². The third-order valence-electron chi connectivity index (χ3n) is 2.08. The summed E-state index contributed by atoms with van der Waals surface area (Å²) in [5.74, 6) is -0.166. The highest BCUT2D eigenvalue weighted by atomic mass is 32.1. The molecule has 0 aliphatic rings. The van der Waals surface area contributed by atoms with E-state index in [2.05, 4.69) is 5.32 Å². The van der Waals surface area contributed by atoms with Gasteiger partial charge in [-0.25, -0.2) is 0 Å². The van der Waals surface area contributed by atoms with Gasteiger partial charge in [-0.3, -0.25) is 10.1 Å². The van der Waals surface area contributed by atoms with Crippen LogP contribution in [0.3, 0.4) is 0 Å². The van der Waals surface area contributed by atoms with Gasteiger partial charge in [-0.15, -0.1) is 0 Å². The molecule has 0 saturated heterocycles. The van der Waals surface area contributed by atoms with E-state index < -0.39 is 0 Å². The molecule has 15 heavy (non-hydrogen) atoms. The molecule has 0 heterocycles. The van der Waals surface area contributed by atoms with Crippen LogP contribution in [0.15, 0.2) is 30.3 Å². The second-order valence-electron chi connectivity index (χ2n) is 3.14. The Hall–Kier alpha value is -1.42. The fourth-order valence-electron chi connectivity index (χ4n) is 0.998. The number of hydrogen-bond donors (Lipinski definition) is 1. The molecule has 80 valence electrons. The number of rotatable bonds is 2. The third-order valence-corrected chi connectivity index (χ3v) is 2.49. The van der Waals surface area contributed by atoms with Gasteiger partial charge in [-0.1, -0.05) is 18.2 Å². The zero-order valence-corrected chi connectivity index (χ0v) is 9.67. The molecule has 0 atom stereocenters. The quantitative estimate of drug-likeness (QED) is 0.772. The minimum Gasteiger partial charge on any atom is -0.352 e. The van der Waals surface area contributed by atoms with Gasteiger partial charge in [0.25, 0.3) is 5.91 Å². The predicted octanol–water partition coefficient (Wildman–Crippen LogP) is 1.65. The molecule has 4 heteroatoms. The van der Waals surface area contributed by atoms with E-state index in [1.165, 1.54) is 0 Å². The van der Waals surface area contributed by atoms with Gasteiger partial charge in [0.05, 0.1) is 0 Å². The van der Waals surface area contributed by atoms with Crippen molar-refractivity contribution in [3.63, 3.8) is 0 Å². The first-order valence-corrected chi connectivity index (χ1v) is 5.17. The minimum atomic E-state index is -0.166. The molecule has 0 radical (unpaired) electrons. The molecule has 0 saturated carbocycles. The lowest BCUT2D eigenvalue weighted by molar-refractivity contribution is 0.0974. The molecule has 0 fully saturated rings. The monoisotopic (exact) mass is 222 g/mol. The fourth-order valence-corrected chi connectivity index (χ4v) is 1.22. The van der Waals surface area contributed by atoms with Crippen LogP contribution in [0.2, 0.25) is 0 Å². The van der Waals surface area contributed by atoms with E-state index in [1.54, 1.807) is 17.0 Å². The maximum Gasteiger partial charge on any atom is 0.257 e. The molecule has 1 N–H and O–H groups in total. The molecule has 0 aromatic heterocycles. The average Bonchev–Trinajstić information content (AvgIpc) is 2.29. The van der Waals surface area contributed by atoms with E-state index in [0.29, 0.717) is 10.7 Å². The molecule has 1 rings (SSSR count). The molecule has 1 aromatic rings. The minimum absolute atomic E-state index is 0.166. The van der Waals surface area contributed by atoms with Crippen molar-refractivity contribution in [3.8, 4) is 0 Å². The van der Waals surface area contributed by atoms with Crippen LogP contribution in [-0.2, 0) is 0 Å². The zero-order chi connectivity index (χ0) is 11.3. The van der Waals surface area contributed by atoms with Crippen molar-refractivity contribution in [2.24, 2.45) is 0 Å². The lowest BCUT2D eigenvalue weighted by Crippen LogP contribution is -2.40. The van der Waals surface area contributed by atoms with E-state index in [-0.39, 0.29) is 5.91 Å². The summed E-state index contributed by atoms with van der Waals surface area (Å²) in [5.41, 5.74) is 0.615. The highest BCUT2D eigenvalue weighted by molar-refractivity contribution is 7.80. The molecule has 0 spiro atoms. The molecule has 0 aliphatic heterocycles. The summed E-state index contributed by atoms with van der Waals surface area (Å²) in [6, 6.07) is 9.02. The lowest BCUT2D eigenvalue weighted by Gasteiger charge is -2.17. The second-order valence-corrected chi connectivity index (χ2v) is 3.53. The van der Waals surface area contributed by atoms with Gasteiger partial charge in [-0.05, 0) is 31.3 Å². The van der Waals surface area contributed by atoms with E-state index in [1.807, 2.05) is 32.2 Å². The van der Waals surface area contributed by atoms with Crippen LogP contribution in [-0.4, -0.2) is 29.5 Å². The summed E-state index contributed by atoms with van der Waals surface area (Å²) < 4.78 is 0. The van der Waals surface area contributed by atoms with Gasteiger partial charge in [-0.2, -0.15) is 0 Å². The number of nitrogens with zero attached hydrogens (tertiary/aromatic N) is 1. The van der Waals surface area contributed by atoms with E-state index >= 15 is 0 Å². The maximum atomic E-state index is 11.7. The summed E-state index contributed by atoms with van der Waals surface area (Å²) >= 11 is 5.05. The number of nitrogens with one attached hydrogen (secondary N) is 1. The van der Waals surface area contributed by atoms with Crippen molar-refractivity contribution >= 4 is 23.2 Å². The van der Waals surface area contributed by atoms with Crippen molar-refractivity contribution in [2.75, 3.05) is 13.6 Å². The summed E-state index contributed by atoms with van der Waals surface area (Å²) in [5, 5.41) is 3.12. The number of amides is 1. The topological polar surface area (TPSA) is 32.3 Å². The smallest absolute Gasteiger partial charge is 0.257 e. The molecular formula is C11H14N2OS. The van der Waals surface area contributed by atoms with Crippen LogP contribution >= 0.6 is 12.2 Å². The molecule has 0 bridgehead atoms. The largest absolute Gasteiger partial charge is 0.352 e. The Morgan fingerprint density at radius 1 is 1.40 bits per heavy atom. The van der Waals surface area contributed by atoms with Crippen molar-refractivity contribution in [1.82, 2.24) is 10.2 Å². The van der Waals surface area contributed by atoms with Crippen LogP contribution < -0.4 is 5.32 Å². The number of thiocarbonyl (C=S) groups is 1. The van der Waals surface area contributed by atoms with E-state index in [0.717, 1.165) is 6.54 Å². The zero-order valence-electron chi connectivity index (χ0n) is 8.86. The lowest BCUT2D eigenvalue weighted by atomic mass is 10.2. The van der Waals surface area contributed by atoms with Gasteiger partial charge in [0, 0.05) is 19.2 Å². The molecular weight excluding hydrogens is 208 g/mol. The Balaban J connectivity index is 2.61. The van der Waals surface area contributed by atoms with Crippen LogP contribution in [0.25, 0.3) is 0 Å². The number of hydrogen-bond acceptors (Lipinski definition) is 2. The van der Waals surface area contributed by atoms with E-state index in [9.17, 15) is 4.79 Å². The van der Waals surface area contributed by atoms with Gasteiger partial charge in [0.1, 0.15) is 0 Å². The maximum absolute atomic E-state index is 11.7. The van der Waals surface area contributed by atoms with Crippen molar-refractivity contribution < 1.29 is 4.79 Å². The number of carbonyl (C=O) groups is 1. The standard InChI is InChI=1S/C11H14N2OS/c1-3-13(2)11(15)12-10(14)9-7-5-4-6-8-9/h4-8H,3H2,1-2H3,(H,12,14,15). The highest BCUT2D eigenvalue weighted by Gasteiger charge is 2.08. The Bertz CT molecular complexity index is 351. The predicted molar refractivity (Wildman–Crippen MR) is 64.8 cm³/mol. The molecule has 1 aromatic carbocycles. The van der Waals surface area contributed by atoms with Gasteiger partial charge >= 0.3 is 0 Å². The third kappa shape index (κ3) is 3.32. The van der Waals surface area contributed by atoms with Crippen molar-refractivity contribution in [2.45, 2.75) is 6.92 Å². The molecule has 0 aliphatic carbocycles. The normalized spacial score (nSPS) is 9.47. The highest BCUT2D eigenvalue weighted by Crippen LogP contribution is 1.98. The first-order valence-electron chi connectivity index (χ1n) is 4.76. The summed E-state index contributed by atoms with van der Waals surface area (Å²) in [4.78, 5) is 13.5. The molecule has 0 unspecified atom stereocenters. The van der Waals surface area contributed by atoms with E-state index in [4.69, 9.17) is 12.2 Å². The van der Waals surface area contributed by atoms with Crippen molar-refractivity contribution in [3.05, 3.63) is 35.9 Å². The first kappa shape index (κ1) is 11.7. The first-order chi connectivity index (χ1) is 7.15. The molecule has 3 nitrogen and oxygen atoms in total. The summed E-state index contributed by atoms with van der Waals surface area (Å²) in [6.07, 6.45) is 0. The number of carbonyl (C=O) groups excluding carboxylic acids is 1. The Labute approximate surface area is 95.1 Å². The van der Waals surface area contributed by atoms with Gasteiger partial charge in [0.2, 0.25) is 0 Å². The van der Waals surface area contributed by atoms with Crippen LogP contribution in [0.5, 0.6) is 0 Å². The van der Waals surface area contributed by atoms with Crippen LogP contribution in [0.4, 0.5) is 0 Å². The van der Waals surface area contributed by atoms with Crippen molar-refractivity contribution in [1.29, 1.82) is 0 Å². The number of benzene rings is 1. The van der Waals surface area contributed by atoms with Crippen LogP contribution in [0, 0.1) is 0 Å². The Morgan fingerprint density at radius 2 is 2.00 bits per heavy atom. The van der Waals surface area contributed by atoms with Crippen LogP contribution in [0.1, 0.15) is 17.3 Å². The second kappa shape index (κ2) is 5.46. The Morgan fingerprint density at radius 3 is 2.53 bits per heavy atom. The summed E-state index contributed by atoms with van der Waals surface area (Å²) in [6.45, 7) is 2.74. The Kier molecular flexibility index (Phi) is 4.24. The fraction of sp³-hybridized carbons (Fsp3) is 0.273.